The van der Waals surface area contributed by atoms with Gasteiger partial charge < -0.3 is 5.73 Å². The van der Waals surface area contributed by atoms with Crippen LogP contribution >= 0.6 is 15.9 Å². The third kappa shape index (κ3) is 4.15. The lowest BCUT2D eigenvalue weighted by Gasteiger charge is -2.14. The fourth-order valence-electron chi connectivity index (χ4n) is 2.23. The maximum atomic E-state index is 13.3. The average molecular weight is 322 g/mol. The van der Waals surface area contributed by atoms with Crippen molar-refractivity contribution in [3.8, 4) is 0 Å². The Labute approximate surface area is 121 Å². The van der Waals surface area contributed by atoms with Crippen molar-refractivity contribution in [1.29, 1.82) is 0 Å². The van der Waals surface area contributed by atoms with Crippen LogP contribution in [-0.4, -0.2) is 6.04 Å². The van der Waals surface area contributed by atoms with Gasteiger partial charge in [-0.2, -0.15) is 0 Å². The smallest absolute Gasteiger partial charge is 0.124 e. The van der Waals surface area contributed by atoms with Gasteiger partial charge in [-0.05, 0) is 54.7 Å². The summed E-state index contributed by atoms with van der Waals surface area (Å²) in [5.41, 5.74) is 9.60. The zero-order valence-corrected chi connectivity index (χ0v) is 12.5. The molecule has 1 unspecified atom stereocenters. The van der Waals surface area contributed by atoms with Gasteiger partial charge in [-0.15, -0.1) is 0 Å². The van der Waals surface area contributed by atoms with Crippen molar-refractivity contribution in [3.05, 3.63) is 69.4 Å². The molecule has 0 saturated heterocycles. The van der Waals surface area contributed by atoms with Crippen molar-refractivity contribution in [2.75, 3.05) is 0 Å². The van der Waals surface area contributed by atoms with Crippen LogP contribution in [0.2, 0.25) is 0 Å². The Balaban J connectivity index is 2.05. The van der Waals surface area contributed by atoms with E-state index in [1.165, 1.54) is 17.2 Å². The molecule has 3 heteroatoms. The minimum atomic E-state index is -0.229. The molecule has 1 nitrogen and oxygen atoms in total. The van der Waals surface area contributed by atoms with Crippen LogP contribution in [0.25, 0.3) is 0 Å². The van der Waals surface area contributed by atoms with E-state index in [0.717, 1.165) is 16.5 Å². The molecular weight excluding hydrogens is 305 g/mol. The lowest BCUT2D eigenvalue weighted by atomic mass is 9.97. The van der Waals surface area contributed by atoms with Crippen molar-refractivity contribution < 1.29 is 4.39 Å². The first-order valence-electron chi connectivity index (χ1n) is 6.29. The first-order valence-corrected chi connectivity index (χ1v) is 7.09. The predicted octanol–water partition coefficient (Wildman–Crippen LogP) is 4.01. The SMILES string of the molecule is Cc1ccccc1CC(N)Cc1cc(F)cc(Br)c1. The Kier molecular flexibility index (Phi) is 4.72. The Bertz CT molecular complexity index is 548. The van der Waals surface area contributed by atoms with Gasteiger partial charge in [-0.1, -0.05) is 40.2 Å². The summed E-state index contributed by atoms with van der Waals surface area (Å²) in [6.45, 7) is 2.08. The van der Waals surface area contributed by atoms with Crippen LogP contribution in [-0.2, 0) is 12.8 Å². The number of nitrogens with two attached hydrogens (primary N) is 1. The summed E-state index contributed by atoms with van der Waals surface area (Å²) in [6.07, 6.45) is 1.48. The number of rotatable bonds is 4. The van der Waals surface area contributed by atoms with Gasteiger partial charge in [0, 0.05) is 10.5 Å². The van der Waals surface area contributed by atoms with Crippen molar-refractivity contribution >= 4 is 15.9 Å². The molecule has 100 valence electrons. The van der Waals surface area contributed by atoms with Gasteiger partial charge in [0.25, 0.3) is 0 Å². The van der Waals surface area contributed by atoms with E-state index in [4.69, 9.17) is 5.73 Å². The second-order valence-electron chi connectivity index (χ2n) is 4.87. The molecule has 19 heavy (non-hydrogen) atoms. The van der Waals surface area contributed by atoms with Crippen LogP contribution in [0, 0.1) is 12.7 Å². The fourth-order valence-corrected chi connectivity index (χ4v) is 2.74. The average Bonchev–Trinajstić information content (AvgIpc) is 2.30. The molecule has 1 atom stereocenters. The standard InChI is InChI=1S/C16H17BrFN/c1-11-4-2-3-5-13(11)9-16(19)8-12-6-14(17)10-15(18)7-12/h2-7,10,16H,8-9,19H2,1H3. The van der Waals surface area contributed by atoms with E-state index in [0.29, 0.717) is 6.42 Å². The minimum absolute atomic E-state index is 0.00481. The van der Waals surface area contributed by atoms with Crippen molar-refractivity contribution in [1.82, 2.24) is 0 Å². The highest BCUT2D eigenvalue weighted by Crippen LogP contribution is 2.17. The van der Waals surface area contributed by atoms with E-state index < -0.39 is 0 Å². The summed E-state index contributed by atoms with van der Waals surface area (Å²) in [5, 5.41) is 0. The molecule has 0 bridgehead atoms. The molecule has 2 N–H and O–H groups in total. The van der Waals surface area contributed by atoms with E-state index in [1.54, 1.807) is 6.07 Å². The molecule has 0 radical (unpaired) electrons. The van der Waals surface area contributed by atoms with Gasteiger partial charge >= 0.3 is 0 Å². The van der Waals surface area contributed by atoms with Gasteiger partial charge in [-0.25, -0.2) is 4.39 Å². The Morgan fingerprint density at radius 1 is 1.16 bits per heavy atom. The Morgan fingerprint density at radius 3 is 2.58 bits per heavy atom. The molecular formula is C16H17BrFN. The third-order valence-corrected chi connectivity index (χ3v) is 3.62. The maximum absolute atomic E-state index is 13.3. The predicted molar refractivity (Wildman–Crippen MR) is 80.7 cm³/mol. The van der Waals surface area contributed by atoms with Crippen LogP contribution in [0.4, 0.5) is 4.39 Å². The Morgan fingerprint density at radius 2 is 1.89 bits per heavy atom. The van der Waals surface area contributed by atoms with E-state index in [-0.39, 0.29) is 11.9 Å². The third-order valence-electron chi connectivity index (χ3n) is 3.16. The Hall–Kier alpha value is -1.19. The highest BCUT2D eigenvalue weighted by molar-refractivity contribution is 9.10. The van der Waals surface area contributed by atoms with Gasteiger partial charge in [0.2, 0.25) is 0 Å². The summed E-state index contributed by atoms with van der Waals surface area (Å²) in [4.78, 5) is 0. The van der Waals surface area contributed by atoms with Gasteiger partial charge in [0.1, 0.15) is 5.82 Å². The van der Waals surface area contributed by atoms with Crippen molar-refractivity contribution in [2.45, 2.75) is 25.8 Å². The molecule has 2 rings (SSSR count). The molecule has 0 amide bonds. The molecule has 0 aliphatic rings. The van der Waals surface area contributed by atoms with Crippen molar-refractivity contribution in [2.24, 2.45) is 5.73 Å². The fraction of sp³-hybridized carbons (Fsp3) is 0.250. The number of halogens is 2. The van der Waals surface area contributed by atoms with Gasteiger partial charge in [0.05, 0.1) is 0 Å². The molecule has 0 spiro atoms. The summed E-state index contributed by atoms with van der Waals surface area (Å²) >= 11 is 3.30. The minimum Gasteiger partial charge on any atom is -0.327 e. The van der Waals surface area contributed by atoms with E-state index in [2.05, 4.69) is 35.0 Å². The van der Waals surface area contributed by atoms with Gasteiger partial charge in [-0.3, -0.25) is 0 Å². The molecule has 0 aliphatic carbocycles. The van der Waals surface area contributed by atoms with Gasteiger partial charge in [0.15, 0.2) is 0 Å². The first kappa shape index (κ1) is 14.2. The summed E-state index contributed by atoms with van der Waals surface area (Å²) in [5.74, 6) is -0.229. The highest BCUT2D eigenvalue weighted by Gasteiger charge is 2.08. The topological polar surface area (TPSA) is 26.0 Å². The second-order valence-corrected chi connectivity index (χ2v) is 5.79. The number of benzene rings is 2. The maximum Gasteiger partial charge on any atom is 0.124 e. The molecule has 0 saturated carbocycles. The molecule has 0 heterocycles. The van der Waals surface area contributed by atoms with Crippen LogP contribution in [0.1, 0.15) is 16.7 Å². The monoisotopic (exact) mass is 321 g/mol. The highest BCUT2D eigenvalue weighted by atomic mass is 79.9. The largest absolute Gasteiger partial charge is 0.327 e. The molecule has 0 aliphatic heterocycles. The molecule has 0 fully saturated rings. The molecule has 0 aromatic heterocycles. The summed E-state index contributed by atoms with van der Waals surface area (Å²) < 4.78 is 14.1. The van der Waals surface area contributed by atoms with E-state index in [1.807, 2.05) is 18.2 Å². The van der Waals surface area contributed by atoms with Crippen LogP contribution in [0.15, 0.2) is 46.9 Å². The van der Waals surface area contributed by atoms with E-state index in [9.17, 15) is 4.39 Å². The number of hydrogen-bond acceptors (Lipinski definition) is 1. The molecule has 2 aromatic rings. The lowest BCUT2D eigenvalue weighted by Crippen LogP contribution is -2.25. The van der Waals surface area contributed by atoms with Crippen LogP contribution in [0.3, 0.4) is 0 Å². The number of hydrogen-bond donors (Lipinski definition) is 1. The van der Waals surface area contributed by atoms with Crippen molar-refractivity contribution in [3.63, 3.8) is 0 Å². The van der Waals surface area contributed by atoms with E-state index >= 15 is 0 Å². The summed E-state index contributed by atoms with van der Waals surface area (Å²) in [6, 6.07) is 13.1. The first-order chi connectivity index (χ1) is 9.04. The van der Waals surface area contributed by atoms with Crippen LogP contribution < -0.4 is 5.73 Å². The number of aryl methyl sites for hydroxylation is 1. The van der Waals surface area contributed by atoms with Crippen LogP contribution in [0.5, 0.6) is 0 Å². The quantitative estimate of drug-likeness (QED) is 0.904. The normalized spacial score (nSPS) is 12.4. The lowest BCUT2D eigenvalue weighted by molar-refractivity contribution is 0.617. The summed E-state index contributed by atoms with van der Waals surface area (Å²) in [7, 11) is 0. The molecule has 2 aromatic carbocycles. The zero-order chi connectivity index (χ0) is 13.8. The second kappa shape index (κ2) is 6.31. The zero-order valence-electron chi connectivity index (χ0n) is 10.9.